The van der Waals surface area contributed by atoms with Gasteiger partial charge in [0.25, 0.3) is 0 Å². The summed E-state index contributed by atoms with van der Waals surface area (Å²) in [5, 5.41) is 0. The third-order valence-electron chi connectivity index (χ3n) is 6.52. The van der Waals surface area contributed by atoms with Crippen molar-refractivity contribution in [2.75, 3.05) is 57.3 Å². The Morgan fingerprint density at radius 3 is 1.88 bits per heavy atom. The van der Waals surface area contributed by atoms with Gasteiger partial charge in [0, 0.05) is 50.2 Å². The van der Waals surface area contributed by atoms with E-state index in [1.54, 1.807) is 0 Å². The summed E-state index contributed by atoms with van der Waals surface area (Å²) in [6.07, 6.45) is 3.69. The molecule has 6 heteroatoms. The van der Waals surface area contributed by atoms with Crippen molar-refractivity contribution in [3.63, 3.8) is 0 Å². The summed E-state index contributed by atoms with van der Waals surface area (Å²) in [5.74, 6) is 1.01. The summed E-state index contributed by atoms with van der Waals surface area (Å²) in [6, 6.07) is 11.0. The molecule has 0 bridgehead atoms. The van der Waals surface area contributed by atoms with Gasteiger partial charge in [-0.15, -0.1) is 0 Å². The summed E-state index contributed by atoms with van der Waals surface area (Å²) in [6.45, 7) is 20.7. The molecule has 0 aliphatic carbocycles. The lowest BCUT2D eigenvalue weighted by molar-refractivity contribution is 0.294. The monoisotopic (exact) mass is 436 g/mol. The van der Waals surface area contributed by atoms with Crippen LogP contribution in [-0.2, 0) is 6.54 Å². The van der Waals surface area contributed by atoms with Crippen LogP contribution in [-0.4, -0.2) is 76.7 Å². The summed E-state index contributed by atoms with van der Waals surface area (Å²) in [4.78, 5) is 16.6. The third-order valence-corrected chi connectivity index (χ3v) is 6.52. The number of fused-ring (bicyclic) bond motifs is 1. The molecular weight excluding hydrogens is 396 g/mol. The largest absolute Gasteiger partial charge is 0.369 e. The molecular formula is C26H40N6. The molecule has 1 aromatic carbocycles. The first kappa shape index (κ1) is 24.2. The van der Waals surface area contributed by atoms with E-state index in [1.165, 1.54) is 5.69 Å². The zero-order chi connectivity index (χ0) is 22.9. The van der Waals surface area contributed by atoms with E-state index in [1.807, 2.05) is 18.5 Å². The van der Waals surface area contributed by atoms with E-state index in [0.717, 1.165) is 81.3 Å². The van der Waals surface area contributed by atoms with Gasteiger partial charge >= 0.3 is 0 Å². The second kappa shape index (κ2) is 12.0. The fourth-order valence-corrected chi connectivity index (χ4v) is 4.32. The molecule has 174 valence electrons. The molecule has 3 aromatic rings. The van der Waals surface area contributed by atoms with Crippen molar-refractivity contribution in [1.29, 1.82) is 0 Å². The average Bonchev–Trinajstić information content (AvgIpc) is 3.22. The van der Waals surface area contributed by atoms with Gasteiger partial charge in [0.05, 0.1) is 11.7 Å². The number of hydrogen-bond donors (Lipinski definition) is 0. The standard InChI is InChI=1S/C26H40N6/c1-6-29(7-2)17-19-31(20-18-30(8-3)9-4)23-13-11-22(12-14-23)26-28-24-21-27-16-15-25(24)32(26)10-5/h11-16,21H,6-10,17-20H2,1-5H3. The zero-order valence-electron chi connectivity index (χ0n) is 20.6. The maximum Gasteiger partial charge on any atom is 0.141 e. The van der Waals surface area contributed by atoms with Crippen LogP contribution in [0.1, 0.15) is 34.6 Å². The van der Waals surface area contributed by atoms with Crippen LogP contribution in [0.4, 0.5) is 5.69 Å². The molecule has 0 unspecified atom stereocenters. The Kier molecular flexibility index (Phi) is 9.06. The highest BCUT2D eigenvalue weighted by Crippen LogP contribution is 2.26. The Labute approximate surface area is 193 Å². The number of anilines is 1. The van der Waals surface area contributed by atoms with E-state index in [2.05, 4.69) is 83.1 Å². The first-order chi connectivity index (χ1) is 15.6. The van der Waals surface area contributed by atoms with E-state index in [-0.39, 0.29) is 0 Å². The minimum atomic E-state index is 0.886. The molecule has 0 saturated carbocycles. The summed E-state index contributed by atoms with van der Waals surface area (Å²) < 4.78 is 2.27. The number of likely N-dealkylation sites (N-methyl/N-ethyl adjacent to an activating group) is 2. The first-order valence-corrected chi connectivity index (χ1v) is 12.2. The zero-order valence-corrected chi connectivity index (χ0v) is 20.6. The molecule has 0 aliphatic heterocycles. The highest BCUT2D eigenvalue weighted by atomic mass is 15.2. The smallest absolute Gasteiger partial charge is 0.141 e. The van der Waals surface area contributed by atoms with Crippen LogP contribution in [0.15, 0.2) is 42.7 Å². The molecule has 2 aromatic heterocycles. The number of nitrogens with zero attached hydrogens (tertiary/aromatic N) is 6. The normalized spacial score (nSPS) is 11.7. The van der Waals surface area contributed by atoms with Crippen molar-refractivity contribution in [3.05, 3.63) is 42.7 Å². The molecule has 0 aliphatic rings. The molecule has 32 heavy (non-hydrogen) atoms. The van der Waals surface area contributed by atoms with Crippen molar-refractivity contribution in [1.82, 2.24) is 24.3 Å². The average molecular weight is 437 g/mol. The van der Waals surface area contributed by atoms with Gasteiger partial charge in [0.2, 0.25) is 0 Å². The van der Waals surface area contributed by atoms with Crippen LogP contribution in [0.2, 0.25) is 0 Å². The van der Waals surface area contributed by atoms with Gasteiger partial charge in [-0.05, 0) is 63.4 Å². The molecule has 6 nitrogen and oxygen atoms in total. The minimum absolute atomic E-state index is 0.886. The number of aryl methyl sites for hydroxylation is 1. The number of imidazole rings is 1. The molecule has 0 radical (unpaired) electrons. The van der Waals surface area contributed by atoms with Gasteiger partial charge in [-0.1, -0.05) is 27.7 Å². The lowest BCUT2D eigenvalue weighted by Gasteiger charge is -2.30. The minimum Gasteiger partial charge on any atom is -0.369 e. The predicted molar refractivity (Wildman–Crippen MR) is 136 cm³/mol. The fraction of sp³-hybridized carbons (Fsp3) is 0.538. The van der Waals surface area contributed by atoms with Crippen LogP contribution in [0.3, 0.4) is 0 Å². The van der Waals surface area contributed by atoms with E-state index >= 15 is 0 Å². The van der Waals surface area contributed by atoms with Gasteiger partial charge in [0.15, 0.2) is 0 Å². The number of benzene rings is 1. The van der Waals surface area contributed by atoms with E-state index in [0.29, 0.717) is 0 Å². The van der Waals surface area contributed by atoms with Crippen LogP contribution < -0.4 is 4.90 Å². The molecule has 0 N–H and O–H groups in total. The number of pyridine rings is 1. The summed E-state index contributed by atoms with van der Waals surface area (Å²) in [5.41, 5.74) is 4.53. The van der Waals surface area contributed by atoms with Crippen LogP contribution in [0.25, 0.3) is 22.4 Å². The van der Waals surface area contributed by atoms with Crippen molar-refractivity contribution < 1.29 is 0 Å². The lowest BCUT2D eigenvalue weighted by Crippen LogP contribution is -2.39. The van der Waals surface area contributed by atoms with Crippen molar-refractivity contribution in [2.24, 2.45) is 0 Å². The molecule has 3 rings (SSSR count). The Balaban J connectivity index is 1.83. The second-order valence-corrected chi connectivity index (χ2v) is 8.13. The van der Waals surface area contributed by atoms with Crippen LogP contribution >= 0.6 is 0 Å². The quantitative estimate of drug-likeness (QED) is 0.391. The molecule has 0 saturated heterocycles. The SMILES string of the molecule is CCN(CC)CCN(CCN(CC)CC)c1ccc(-c2nc3cnccc3n2CC)cc1. The Hall–Kier alpha value is -2.44. The van der Waals surface area contributed by atoms with Crippen molar-refractivity contribution in [2.45, 2.75) is 41.2 Å². The van der Waals surface area contributed by atoms with Gasteiger partial charge in [-0.3, -0.25) is 4.98 Å². The van der Waals surface area contributed by atoms with Crippen molar-refractivity contribution in [3.8, 4) is 11.4 Å². The fourth-order valence-electron chi connectivity index (χ4n) is 4.32. The summed E-state index contributed by atoms with van der Waals surface area (Å²) in [7, 11) is 0. The maximum absolute atomic E-state index is 4.87. The van der Waals surface area contributed by atoms with Crippen molar-refractivity contribution >= 4 is 16.7 Å². The highest BCUT2D eigenvalue weighted by molar-refractivity contribution is 5.80. The van der Waals surface area contributed by atoms with E-state index in [4.69, 9.17) is 4.98 Å². The number of hydrogen-bond acceptors (Lipinski definition) is 5. The van der Waals surface area contributed by atoms with Gasteiger partial charge in [0.1, 0.15) is 11.3 Å². The predicted octanol–water partition coefficient (Wildman–Crippen LogP) is 4.61. The Morgan fingerprint density at radius 1 is 0.750 bits per heavy atom. The van der Waals surface area contributed by atoms with E-state index < -0.39 is 0 Å². The lowest BCUT2D eigenvalue weighted by atomic mass is 10.1. The maximum atomic E-state index is 4.87. The van der Waals surface area contributed by atoms with E-state index in [9.17, 15) is 0 Å². The molecule has 2 heterocycles. The Bertz CT molecular complexity index is 925. The van der Waals surface area contributed by atoms with Gasteiger partial charge in [-0.25, -0.2) is 4.98 Å². The molecule has 0 spiro atoms. The van der Waals surface area contributed by atoms with Gasteiger partial charge in [-0.2, -0.15) is 0 Å². The summed E-state index contributed by atoms with van der Waals surface area (Å²) >= 11 is 0. The molecule has 0 amide bonds. The number of aromatic nitrogens is 3. The topological polar surface area (TPSA) is 40.4 Å². The third kappa shape index (κ3) is 5.67. The first-order valence-electron chi connectivity index (χ1n) is 12.2. The molecule has 0 atom stereocenters. The highest BCUT2D eigenvalue weighted by Gasteiger charge is 2.14. The van der Waals surface area contributed by atoms with Crippen LogP contribution in [0, 0.1) is 0 Å². The van der Waals surface area contributed by atoms with Gasteiger partial charge < -0.3 is 19.3 Å². The second-order valence-electron chi connectivity index (χ2n) is 8.13. The number of rotatable bonds is 13. The Morgan fingerprint density at radius 2 is 1.34 bits per heavy atom. The molecule has 0 fully saturated rings. The van der Waals surface area contributed by atoms with Crippen LogP contribution in [0.5, 0.6) is 0 Å².